The summed E-state index contributed by atoms with van der Waals surface area (Å²) in [5.74, 6) is -1.35. The van der Waals surface area contributed by atoms with Gasteiger partial charge in [-0.15, -0.1) is 0 Å². The van der Waals surface area contributed by atoms with Crippen LogP contribution in [0.25, 0.3) is 11.2 Å². The molecule has 0 aromatic carbocycles. The van der Waals surface area contributed by atoms with Crippen molar-refractivity contribution in [3.8, 4) is 6.07 Å². The van der Waals surface area contributed by atoms with Crippen LogP contribution in [0.5, 0.6) is 0 Å². The van der Waals surface area contributed by atoms with Crippen LogP contribution in [0.15, 0.2) is 29.7 Å². The molecule has 19 nitrogen and oxygen atoms in total. The van der Waals surface area contributed by atoms with Crippen LogP contribution in [0.2, 0.25) is 18.1 Å². The number of ether oxygens (including phenoxy) is 1. The lowest BCUT2D eigenvalue weighted by atomic mass is 10.1. The molecule has 0 radical (unpaired) electrons. The van der Waals surface area contributed by atoms with E-state index in [4.69, 9.17) is 43.6 Å². The molecule has 6 rings (SSSR count). The summed E-state index contributed by atoms with van der Waals surface area (Å²) < 4.78 is 76.3. The molecule has 10 atom stereocenters. The number of nitriles is 1. The largest absolute Gasteiger partial charge is 0.408 e. The summed E-state index contributed by atoms with van der Waals surface area (Å²) in [5.41, 5.74) is -0.697. The smallest absolute Gasteiger partial charge is 0.386 e. The van der Waals surface area contributed by atoms with Crippen molar-refractivity contribution in [1.29, 1.82) is 5.26 Å². The van der Waals surface area contributed by atoms with Gasteiger partial charge in [0, 0.05) is 18.0 Å². The lowest BCUT2D eigenvalue weighted by molar-refractivity contribution is -0.118. The number of anilines is 2. The molecule has 1 aliphatic carbocycles. The normalized spacial score (nSPS) is 32.2. The van der Waals surface area contributed by atoms with Crippen LogP contribution < -0.4 is 16.2 Å². The van der Waals surface area contributed by atoms with Gasteiger partial charge in [0.25, 0.3) is 5.56 Å². The van der Waals surface area contributed by atoms with Crippen molar-refractivity contribution < 1.29 is 45.5 Å². The Morgan fingerprint density at radius 2 is 2.00 bits per heavy atom. The van der Waals surface area contributed by atoms with E-state index in [9.17, 15) is 19.4 Å². The summed E-state index contributed by atoms with van der Waals surface area (Å²) in [5, 5.41) is 14.7. The minimum Gasteiger partial charge on any atom is -0.408 e. The number of fused-ring (bicyclic) bond motifs is 4. The molecule has 3 N–H and O–H groups in total. The highest BCUT2D eigenvalue weighted by Crippen LogP contribution is 2.60. The first kappa shape index (κ1) is 44.8. The molecule has 2 aliphatic heterocycles. The predicted octanol–water partition coefficient (Wildman–Crippen LogP) is 5.64. The van der Waals surface area contributed by atoms with Crippen molar-refractivity contribution in [3.05, 3.63) is 35.3 Å². The molecule has 5 heterocycles. The number of H-pyrrole nitrogens is 1. The van der Waals surface area contributed by atoms with Gasteiger partial charge in [0.05, 0.1) is 44.7 Å². The number of nitrogens with zero attached hydrogens (tertiary/aromatic N) is 6. The lowest BCUT2D eigenvalue weighted by Crippen LogP contribution is -2.50. The predicted molar refractivity (Wildman–Crippen MR) is 219 cm³/mol. The number of imidazole rings is 1. The van der Waals surface area contributed by atoms with Gasteiger partial charge in [-0.1, -0.05) is 46.9 Å². The molecule has 2 saturated heterocycles. The average molecular weight is 904 g/mol. The van der Waals surface area contributed by atoms with Gasteiger partial charge in [-0.25, -0.2) is 23.9 Å². The first-order valence-corrected chi connectivity index (χ1v) is 26.7. The number of hydrogen-bond donors (Lipinski definition) is 4. The average Bonchev–Trinajstić information content (AvgIpc) is 3.79. The Morgan fingerprint density at radius 1 is 1.24 bits per heavy atom. The Kier molecular flexibility index (Phi) is 13.7. The highest BCUT2D eigenvalue weighted by Gasteiger charge is 2.55. The topological polar surface area (TPSA) is 236 Å². The van der Waals surface area contributed by atoms with Crippen LogP contribution in [-0.4, -0.2) is 100 Å². The molecule has 318 valence electrons. The van der Waals surface area contributed by atoms with Gasteiger partial charge < -0.3 is 23.5 Å². The second-order valence-corrected chi connectivity index (χ2v) is 26.6. The third-order valence-corrected chi connectivity index (χ3v) is 18.9. The summed E-state index contributed by atoms with van der Waals surface area (Å²) in [6.07, 6.45) is -3.42. The van der Waals surface area contributed by atoms with Gasteiger partial charge in [-0.2, -0.15) is 10.2 Å². The number of rotatable bonds is 10. The molecular weight excluding hydrogens is 856 g/mol. The van der Waals surface area contributed by atoms with Gasteiger partial charge in [0.1, 0.15) is 42.7 Å². The standard InChI is InChI=1S/C33H48FN9O10P2S2Si/c1-18(2)29(44)41-32-40-28-24(30(45)42-32)38-17-43(28)31-27-26(53-58(6,7)33(3,4)5)21(50-31)15-48-54(46,56)51-25-19(14-49-55(57,52-27)47-12-8-10-35)13-20(23(25)34)39-22-9-11-36-16-37-22/h9,11,16-21,23,25-27,31H,8,12-15H2,1-7H3,(H,46,56)(H,36,37,39)(H2,40,41,42,44,45)/t19-,20-,21-,23-,25-,26-,27-,31-,54-,55-/m1/s1. The van der Waals surface area contributed by atoms with Crippen molar-refractivity contribution in [2.45, 2.75) is 108 Å². The number of carbonyl (C=O) groups excluding carboxylic acids is 1. The molecule has 3 fully saturated rings. The molecule has 3 aromatic heterocycles. The van der Waals surface area contributed by atoms with Crippen molar-refractivity contribution in [2.24, 2.45) is 11.8 Å². The Hall–Kier alpha value is -2.71. The Morgan fingerprint density at radius 3 is 2.67 bits per heavy atom. The number of nitrogens with one attached hydrogen (secondary N) is 3. The fourth-order valence-electron chi connectivity index (χ4n) is 6.35. The fourth-order valence-corrected chi connectivity index (χ4v) is 11.3. The maximum absolute atomic E-state index is 16.3. The minimum atomic E-state index is -4.34. The van der Waals surface area contributed by atoms with Gasteiger partial charge >= 0.3 is 13.5 Å². The second-order valence-electron chi connectivity index (χ2n) is 16.0. The molecule has 58 heavy (non-hydrogen) atoms. The summed E-state index contributed by atoms with van der Waals surface area (Å²) >= 11 is 10.3. The van der Waals surface area contributed by atoms with Crippen LogP contribution >= 0.6 is 25.8 Å². The Bertz CT molecular complexity index is 2160. The Labute approximate surface area is 345 Å². The van der Waals surface area contributed by atoms with E-state index in [0.29, 0.717) is 5.82 Å². The zero-order valence-corrected chi connectivity index (χ0v) is 37.4. The zero-order chi connectivity index (χ0) is 42.2. The first-order valence-electron chi connectivity index (χ1n) is 18.6. The fraction of sp³-hybridized carbons (Fsp3) is 0.667. The second kappa shape index (κ2) is 17.7. The lowest BCUT2D eigenvalue weighted by Gasteiger charge is -2.41. The maximum atomic E-state index is 16.3. The third-order valence-electron chi connectivity index (χ3n) is 10.4. The number of thiol groups is 1. The van der Waals surface area contributed by atoms with Crippen LogP contribution in [0.4, 0.5) is 16.2 Å². The SMILES string of the molecule is CC(C)C(=O)Nc1nc2c(ncn2[C@@H]2O[C@@H]3CO[P@@](=O)(S)O[C@@H]4[C@@H](CO[P@](=S)(OCCC#N)O[C@@H]2[C@@H]3O[Si](C)(C)C(C)(C)C)C[C@@H](Nc2ccncn2)[C@H]4F)c(=O)[nH]1. The number of hydrogen-bond acceptors (Lipinski definition) is 17. The zero-order valence-electron chi connectivity index (χ0n) is 32.9. The van der Waals surface area contributed by atoms with E-state index in [1.165, 1.54) is 23.4 Å². The summed E-state index contributed by atoms with van der Waals surface area (Å²) in [4.78, 5) is 45.2. The van der Waals surface area contributed by atoms with Crippen molar-refractivity contribution >= 4 is 74.7 Å². The van der Waals surface area contributed by atoms with E-state index in [-0.39, 0.29) is 54.1 Å². The Balaban J connectivity index is 1.44. The van der Waals surface area contributed by atoms with Crippen LogP contribution in [0, 0.1) is 23.2 Å². The third kappa shape index (κ3) is 10.1. The number of carbonyl (C=O) groups is 1. The molecule has 1 saturated carbocycles. The molecule has 2 bridgehead atoms. The monoisotopic (exact) mass is 903 g/mol. The number of halogens is 1. The van der Waals surface area contributed by atoms with Gasteiger partial charge in [0.2, 0.25) is 11.9 Å². The molecular formula is C33H48FN9O10P2S2Si. The van der Waals surface area contributed by atoms with E-state index >= 15 is 4.39 Å². The van der Waals surface area contributed by atoms with Crippen molar-refractivity contribution in [1.82, 2.24) is 29.5 Å². The molecule has 0 unspecified atom stereocenters. The minimum absolute atomic E-state index is 0.0167. The summed E-state index contributed by atoms with van der Waals surface area (Å²) in [7, 11) is -2.72. The quantitative estimate of drug-likeness (QED) is 0.0834. The van der Waals surface area contributed by atoms with Gasteiger partial charge in [0.15, 0.2) is 25.7 Å². The van der Waals surface area contributed by atoms with E-state index in [1.54, 1.807) is 19.9 Å². The van der Waals surface area contributed by atoms with Crippen LogP contribution in [-0.2, 0) is 52.9 Å². The molecule has 25 heteroatoms. The highest BCUT2D eigenvalue weighted by molar-refractivity contribution is 8.44. The van der Waals surface area contributed by atoms with Crippen LogP contribution in [0.1, 0.15) is 53.7 Å². The molecule has 3 aromatic rings. The van der Waals surface area contributed by atoms with Gasteiger partial charge in [-0.05, 0) is 42.4 Å². The van der Waals surface area contributed by atoms with Crippen molar-refractivity contribution in [2.75, 3.05) is 30.5 Å². The summed E-state index contributed by atoms with van der Waals surface area (Å²) in [6.45, 7) is 4.35. The highest BCUT2D eigenvalue weighted by atomic mass is 32.7. The van der Waals surface area contributed by atoms with E-state index in [1.807, 2.05) is 39.9 Å². The van der Waals surface area contributed by atoms with Crippen molar-refractivity contribution in [3.63, 3.8) is 0 Å². The number of alkyl halides is 1. The number of amides is 1. The maximum Gasteiger partial charge on any atom is 0.386 e. The molecule has 3 aliphatic rings. The molecule has 1 amide bonds. The molecule has 0 spiro atoms. The van der Waals surface area contributed by atoms with Crippen LogP contribution in [0.3, 0.4) is 0 Å². The number of aromatic amines is 1. The number of aromatic nitrogens is 6. The van der Waals surface area contributed by atoms with E-state index in [0.717, 1.165) is 0 Å². The summed E-state index contributed by atoms with van der Waals surface area (Å²) in [6, 6.07) is 2.73. The van der Waals surface area contributed by atoms with E-state index in [2.05, 4.69) is 47.8 Å². The van der Waals surface area contributed by atoms with Gasteiger partial charge in [-0.3, -0.25) is 38.0 Å². The van der Waals surface area contributed by atoms with E-state index < -0.39 is 88.7 Å². The first-order chi connectivity index (χ1) is 27.2.